The minimum atomic E-state index is -0.576. The fourth-order valence-electron chi connectivity index (χ4n) is 2.60. The molecular weight excluding hydrogens is 262 g/mol. The van der Waals surface area contributed by atoms with Crippen molar-refractivity contribution >= 4 is 0 Å². The van der Waals surface area contributed by atoms with Gasteiger partial charge in [-0.15, -0.1) is 0 Å². The van der Waals surface area contributed by atoms with Gasteiger partial charge in [-0.3, -0.25) is 0 Å². The van der Waals surface area contributed by atoms with Crippen LogP contribution in [0.1, 0.15) is 31.4 Å². The Balaban J connectivity index is 1.80. The number of β-amino-alcohol motifs (C(OH)–C–C–N with tert-alkyl or cyclic N) is 1. The molecule has 5 heteroatoms. The van der Waals surface area contributed by atoms with Gasteiger partial charge in [-0.05, 0) is 38.9 Å². The number of nitrogens with zero attached hydrogens (tertiary/aromatic N) is 1. The zero-order chi connectivity index (χ0) is 14.5. The van der Waals surface area contributed by atoms with Crippen LogP contribution in [0.2, 0.25) is 0 Å². The summed E-state index contributed by atoms with van der Waals surface area (Å²) < 4.78 is 26.4. The summed E-state index contributed by atoms with van der Waals surface area (Å²) in [6.07, 6.45) is 1.91. The van der Waals surface area contributed by atoms with Gasteiger partial charge in [0.05, 0.1) is 6.10 Å². The first kappa shape index (κ1) is 15.4. The minimum Gasteiger partial charge on any atom is -0.390 e. The summed E-state index contributed by atoms with van der Waals surface area (Å²) in [4.78, 5) is 2.23. The van der Waals surface area contributed by atoms with E-state index in [0.29, 0.717) is 18.7 Å². The summed E-state index contributed by atoms with van der Waals surface area (Å²) in [5.41, 5.74) is 0.416. The lowest BCUT2D eigenvalue weighted by Crippen LogP contribution is -2.38. The average molecular weight is 284 g/mol. The van der Waals surface area contributed by atoms with E-state index in [1.807, 2.05) is 0 Å². The average Bonchev–Trinajstić information content (AvgIpc) is 2.89. The van der Waals surface area contributed by atoms with Crippen molar-refractivity contribution in [2.75, 3.05) is 26.2 Å². The van der Waals surface area contributed by atoms with Gasteiger partial charge in [-0.1, -0.05) is 6.07 Å². The highest BCUT2D eigenvalue weighted by Crippen LogP contribution is 2.17. The topological polar surface area (TPSA) is 35.5 Å². The zero-order valence-corrected chi connectivity index (χ0v) is 11.8. The SMILES string of the molecule is CC(NCC(O)CN1CCCC1)c1ccc(F)cc1F. The van der Waals surface area contributed by atoms with Crippen molar-refractivity contribution < 1.29 is 13.9 Å². The van der Waals surface area contributed by atoms with E-state index in [0.717, 1.165) is 19.2 Å². The molecule has 0 spiro atoms. The van der Waals surface area contributed by atoms with Crippen LogP contribution < -0.4 is 5.32 Å². The van der Waals surface area contributed by atoms with Gasteiger partial charge in [-0.2, -0.15) is 0 Å². The highest BCUT2D eigenvalue weighted by Gasteiger charge is 2.17. The Morgan fingerprint density at radius 2 is 2.00 bits per heavy atom. The Labute approximate surface area is 118 Å². The van der Waals surface area contributed by atoms with Gasteiger partial charge < -0.3 is 15.3 Å². The maximum atomic E-state index is 13.6. The van der Waals surface area contributed by atoms with Crippen LogP contribution in [0.15, 0.2) is 18.2 Å². The van der Waals surface area contributed by atoms with E-state index in [1.54, 1.807) is 6.92 Å². The molecule has 1 aromatic rings. The number of hydrogen-bond donors (Lipinski definition) is 2. The molecular formula is C15H22F2N2O. The monoisotopic (exact) mass is 284 g/mol. The van der Waals surface area contributed by atoms with Gasteiger partial charge >= 0.3 is 0 Å². The molecule has 2 atom stereocenters. The van der Waals surface area contributed by atoms with E-state index in [9.17, 15) is 13.9 Å². The first-order chi connectivity index (χ1) is 9.56. The maximum Gasteiger partial charge on any atom is 0.130 e. The fourth-order valence-corrected chi connectivity index (χ4v) is 2.60. The van der Waals surface area contributed by atoms with Crippen molar-refractivity contribution in [1.82, 2.24) is 10.2 Å². The number of rotatable bonds is 6. The van der Waals surface area contributed by atoms with Crippen LogP contribution in [-0.4, -0.2) is 42.3 Å². The standard InChI is InChI=1S/C15H22F2N2O/c1-11(14-5-4-12(16)8-15(14)17)18-9-13(20)10-19-6-2-3-7-19/h4-5,8,11,13,18,20H,2-3,6-7,9-10H2,1H3. The molecule has 1 heterocycles. The molecule has 112 valence electrons. The maximum absolute atomic E-state index is 13.6. The molecule has 0 radical (unpaired) electrons. The van der Waals surface area contributed by atoms with Crippen molar-refractivity contribution in [1.29, 1.82) is 0 Å². The van der Waals surface area contributed by atoms with Crippen LogP contribution in [0.3, 0.4) is 0 Å². The number of hydrogen-bond acceptors (Lipinski definition) is 3. The fraction of sp³-hybridized carbons (Fsp3) is 0.600. The number of aliphatic hydroxyl groups excluding tert-OH is 1. The van der Waals surface area contributed by atoms with Gasteiger partial charge in [0.1, 0.15) is 11.6 Å². The first-order valence-electron chi connectivity index (χ1n) is 7.15. The smallest absolute Gasteiger partial charge is 0.130 e. The second-order valence-electron chi connectivity index (χ2n) is 5.46. The third kappa shape index (κ3) is 4.23. The molecule has 0 aliphatic carbocycles. The summed E-state index contributed by atoms with van der Waals surface area (Å²) in [5, 5.41) is 13.1. The predicted molar refractivity (Wildman–Crippen MR) is 74.5 cm³/mol. The second-order valence-corrected chi connectivity index (χ2v) is 5.46. The van der Waals surface area contributed by atoms with E-state index in [1.165, 1.54) is 25.0 Å². The van der Waals surface area contributed by atoms with Crippen molar-refractivity contribution in [3.05, 3.63) is 35.4 Å². The molecule has 0 aromatic heterocycles. The highest BCUT2D eigenvalue weighted by molar-refractivity contribution is 5.21. The minimum absolute atomic E-state index is 0.260. The lowest BCUT2D eigenvalue weighted by molar-refractivity contribution is 0.121. The normalized spacial score (nSPS) is 19.2. The van der Waals surface area contributed by atoms with Crippen LogP contribution in [-0.2, 0) is 0 Å². The Hall–Kier alpha value is -1.04. The van der Waals surface area contributed by atoms with Crippen molar-refractivity contribution in [2.24, 2.45) is 0 Å². The zero-order valence-electron chi connectivity index (χ0n) is 11.8. The largest absolute Gasteiger partial charge is 0.390 e. The van der Waals surface area contributed by atoms with Gasteiger partial charge in [0, 0.05) is 30.8 Å². The second kappa shape index (κ2) is 7.11. The summed E-state index contributed by atoms with van der Waals surface area (Å²) in [5.74, 6) is -1.13. The lowest BCUT2D eigenvalue weighted by Gasteiger charge is -2.22. The highest BCUT2D eigenvalue weighted by atomic mass is 19.1. The molecule has 1 saturated heterocycles. The Bertz CT molecular complexity index is 436. The molecule has 1 aromatic carbocycles. The molecule has 1 fully saturated rings. The van der Waals surface area contributed by atoms with Crippen LogP contribution >= 0.6 is 0 Å². The molecule has 20 heavy (non-hydrogen) atoms. The number of halogens is 2. The van der Waals surface area contributed by atoms with Gasteiger partial charge in [0.2, 0.25) is 0 Å². The van der Waals surface area contributed by atoms with E-state index < -0.39 is 17.7 Å². The predicted octanol–water partition coefficient (Wildman–Crippen LogP) is 2.07. The van der Waals surface area contributed by atoms with Crippen molar-refractivity contribution in [3.8, 4) is 0 Å². The Kier molecular flexibility index (Phi) is 5.46. The Morgan fingerprint density at radius 1 is 1.30 bits per heavy atom. The third-order valence-electron chi connectivity index (χ3n) is 3.76. The Morgan fingerprint density at radius 3 is 2.65 bits per heavy atom. The number of benzene rings is 1. The number of nitrogens with one attached hydrogen (secondary N) is 1. The quantitative estimate of drug-likeness (QED) is 0.839. The van der Waals surface area contributed by atoms with E-state index >= 15 is 0 Å². The molecule has 2 rings (SSSR count). The first-order valence-corrected chi connectivity index (χ1v) is 7.15. The molecule has 1 aliphatic rings. The summed E-state index contributed by atoms with van der Waals surface area (Å²) in [6, 6.07) is 3.31. The van der Waals surface area contributed by atoms with E-state index in [2.05, 4.69) is 10.2 Å². The van der Waals surface area contributed by atoms with Crippen LogP contribution in [0.4, 0.5) is 8.78 Å². The number of aliphatic hydroxyl groups is 1. The van der Waals surface area contributed by atoms with Crippen LogP contribution in [0, 0.1) is 11.6 Å². The molecule has 1 aliphatic heterocycles. The van der Waals surface area contributed by atoms with Crippen molar-refractivity contribution in [2.45, 2.75) is 31.9 Å². The number of likely N-dealkylation sites (tertiary alicyclic amines) is 1. The summed E-state index contributed by atoms with van der Waals surface area (Å²) in [7, 11) is 0. The molecule has 2 unspecified atom stereocenters. The van der Waals surface area contributed by atoms with E-state index in [-0.39, 0.29) is 6.04 Å². The molecule has 0 bridgehead atoms. The van der Waals surface area contributed by atoms with Crippen molar-refractivity contribution in [3.63, 3.8) is 0 Å². The van der Waals surface area contributed by atoms with Gasteiger partial charge in [0.15, 0.2) is 0 Å². The molecule has 3 nitrogen and oxygen atoms in total. The molecule has 0 amide bonds. The molecule has 2 N–H and O–H groups in total. The lowest BCUT2D eigenvalue weighted by atomic mass is 10.1. The van der Waals surface area contributed by atoms with E-state index in [4.69, 9.17) is 0 Å². The third-order valence-corrected chi connectivity index (χ3v) is 3.76. The molecule has 0 saturated carbocycles. The summed E-state index contributed by atoms with van der Waals surface area (Å²) in [6.45, 7) is 4.93. The van der Waals surface area contributed by atoms with Gasteiger partial charge in [-0.25, -0.2) is 8.78 Å². The van der Waals surface area contributed by atoms with Crippen LogP contribution in [0.25, 0.3) is 0 Å². The van der Waals surface area contributed by atoms with Gasteiger partial charge in [0.25, 0.3) is 0 Å². The van der Waals surface area contributed by atoms with Crippen LogP contribution in [0.5, 0.6) is 0 Å². The summed E-state index contributed by atoms with van der Waals surface area (Å²) >= 11 is 0.